The maximum atomic E-state index is 12.9. The van der Waals surface area contributed by atoms with Gasteiger partial charge in [0.2, 0.25) is 5.91 Å². The summed E-state index contributed by atoms with van der Waals surface area (Å²) in [5, 5.41) is 2.87. The van der Waals surface area contributed by atoms with Crippen LogP contribution in [0.15, 0.2) is 77.7 Å². The van der Waals surface area contributed by atoms with Gasteiger partial charge in [0.15, 0.2) is 0 Å². The Morgan fingerprint density at radius 3 is 2.59 bits per heavy atom. The molecule has 34 heavy (non-hydrogen) atoms. The van der Waals surface area contributed by atoms with Gasteiger partial charge in [0, 0.05) is 16.3 Å². The normalized spacial score (nSPS) is 14.5. The number of carbonyl (C=O) groups is 3. The summed E-state index contributed by atoms with van der Waals surface area (Å²) in [7, 11) is 0. The molecule has 8 heteroatoms. The molecule has 4 rings (SSSR count). The Kier molecular flexibility index (Phi) is 7.35. The molecule has 3 aromatic carbocycles. The summed E-state index contributed by atoms with van der Waals surface area (Å²) < 4.78 is 5.93. The molecule has 172 valence electrons. The van der Waals surface area contributed by atoms with Gasteiger partial charge in [0.25, 0.3) is 11.1 Å². The zero-order valence-electron chi connectivity index (χ0n) is 18.3. The summed E-state index contributed by atoms with van der Waals surface area (Å²) in [5.41, 5.74) is 3.20. The number of benzene rings is 3. The number of carbonyl (C=O) groups excluding carboxylic acids is 3. The van der Waals surface area contributed by atoms with Crippen molar-refractivity contribution in [3.8, 4) is 5.75 Å². The van der Waals surface area contributed by atoms with E-state index in [2.05, 4.69) is 5.32 Å². The van der Waals surface area contributed by atoms with Gasteiger partial charge in [0.05, 0.1) is 4.91 Å². The lowest BCUT2D eigenvalue weighted by Crippen LogP contribution is -2.36. The largest absolute Gasteiger partial charge is 0.488 e. The molecule has 0 saturated carbocycles. The van der Waals surface area contributed by atoms with Crippen molar-refractivity contribution in [2.75, 3.05) is 11.9 Å². The molecule has 1 aliphatic rings. The number of hydrogen-bond donors (Lipinski definition) is 1. The first-order valence-corrected chi connectivity index (χ1v) is 11.7. The minimum Gasteiger partial charge on any atom is -0.488 e. The van der Waals surface area contributed by atoms with Crippen molar-refractivity contribution in [2.45, 2.75) is 13.5 Å². The Morgan fingerprint density at radius 2 is 1.82 bits per heavy atom. The molecule has 3 aromatic rings. The van der Waals surface area contributed by atoms with Crippen LogP contribution in [0.2, 0.25) is 5.02 Å². The number of aryl methyl sites for hydroxylation is 1. The van der Waals surface area contributed by atoms with Crippen molar-refractivity contribution in [1.29, 1.82) is 0 Å². The van der Waals surface area contributed by atoms with Crippen LogP contribution in [-0.2, 0) is 16.2 Å². The Labute approximate surface area is 206 Å². The summed E-state index contributed by atoms with van der Waals surface area (Å²) in [6, 6.07) is 21.9. The van der Waals surface area contributed by atoms with Gasteiger partial charge in [-0.1, -0.05) is 54.1 Å². The van der Waals surface area contributed by atoms with Gasteiger partial charge in [-0.05, 0) is 66.2 Å². The highest BCUT2D eigenvalue weighted by Gasteiger charge is 2.36. The van der Waals surface area contributed by atoms with Crippen molar-refractivity contribution in [3.05, 3.63) is 99.4 Å². The van der Waals surface area contributed by atoms with Crippen LogP contribution in [0.4, 0.5) is 10.5 Å². The summed E-state index contributed by atoms with van der Waals surface area (Å²) >= 11 is 6.73. The third kappa shape index (κ3) is 5.87. The molecule has 0 radical (unpaired) electrons. The third-order valence-electron chi connectivity index (χ3n) is 4.99. The SMILES string of the molecule is Cc1cccc(NC(=O)CN2C(=O)S/C(=C\c3ccccc3OCc3ccc(Cl)cc3)C2=O)c1. The molecule has 1 aliphatic heterocycles. The number of thioether (sulfide) groups is 1. The fourth-order valence-corrected chi connectivity index (χ4v) is 4.27. The van der Waals surface area contributed by atoms with E-state index >= 15 is 0 Å². The first-order chi connectivity index (χ1) is 16.4. The number of ether oxygens (including phenoxy) is 1. The van der Waals surface area contributed by atoms with Gasteiger partial charge in [-0.15, -0.1) is 0 Å². The second kappa shape index (κ2) is 10.6. The quantitative estimate of drug-likeness (QED) is 0.415. The van der Waals surface area contributed by atoms with Crippen LogP contribution in [0.1, 0.15) is 16.7 Å². The van der Waals surface area contributed by atoms with Crippen LogP contribution in [0.3, 0.4) is 0 Å². The van der Waals surface area contributed by atoms with E-state index < -0.39 is 17.1 Å². The summed E-state index contributed by atoms with van der Waals surface area (Å²) in [6.45, 7) is 1.88. The van der Waals surface area contributed by atoms with E-state index in [1.54, 1.807) is 36.4 Å². The molecule has 0 aromatic heterocycles. The van der Waals surface area contributed by atoms with E-state index in [4.69, 9.17) is 16.3 Å². The van der Waals surface area contributed by atoms with Crippen LogP contribution in [-0.4, -0.2) is 28.5 Å². The van der Waals surface area contributed by atoms with E-state index in [0.29, 0.717) is 28.6 Å². The number of hydrogen-bond acceptors (Lipinski definition) is 5. The van der Waals surface area contributed by atoms with E-state index in [1.165, 1.54) is 0 Å². The number of anilines is 1. The van der Waals surface area contributed by atoms with Crippen molar-refractivity contribution < 1.29 is 19.1 Å². The summed E-state index contributed by atoms with van der Waals surface area (Å²) in [4.78, 5) is 38.9. The standard InChI is InChI=1S/C26H21ClN2O4S/c1-17-5-4-7-21(13-17)28-24(30)15-29-25(31)23(34-26(29)32)14-19-6-2-3-8-22(19)33-16-18-9-11-20(27)12-10-18/h2-14H,15-16H2,1H3,(H,28,30)/b23-14-. The number of rotatable bonds is 7. The third-order valence-corrected chi connectivity index (χ3v) is 6.15. The van der Waals surface area contributed by atoms with Crippen LogP contribution in [0, 0.1) is 6.92 Å². The predicted octanol–water partition coefficient (Wildman–Crippen LogP) is 5.90. The Balaban J connectivity index is 1.44. The molecular formula is C26H21ClN2O4S. The van der Waals surface area contributed by atoms with Gasteiger partial charge in [-0.25, -0.2) is 0 Å². The molecule has 1 heterocycles. The molecule has 0 spiro atoms. The zero-order valence-corrected chi connectivity index (χ0v) is 19.9. The monoisotopic (exact) mass is 492 g/mol. The Morgan fingerprint density at radius 1 is 1.06 bits per heavy atom. The predicted molar refractivity (Wildman–Crippen MR) is 135 cm³/mol. The lowest BCUT2D eigenvalue weighted by atomic mass is 10.1. The highest BCUT2D eigenvalue weighted by Crippen LogP contribution is 2.34. The van der Waals surface area contributed by atoms with Gasteiger partial charge in [0.1, 0.15) is 18.9 Å². The van der Waals surface area contributed by atoms with Gasteiger partial charge in [-0.3, -0.25) is 19.3 Å². The van der Waals surface area contributed by atoms with Crippen molar-refractivity contribution in [3.63, 3.8) is 0 Å². The van der Waals surface area contributed by atoms with Gasteiger partial charge >= 0.3 is 0 Å². The van der Waals surface area contributed by atoms with Crippen molar-refractivity contribution >= 4 is 52.2 Å². The van der Waals surface area contributed by atoms with Gasteiger partial charge < -0.3 is 10.1 Å². The fourth-order valence-electron chi connectivity index (χ4n) is 3.32. The Hall–Kier alpha value is -3.55. The molecular weight excluding hydrogens is 472 g/mol. The highest BCUT2D eigenvalue weighted by molar-refractivity contribution is 8.18. The second-order valence-corrected chi connectivity index (χ2v) is 9.07. The molecule has 6 nitrogen and oxygen atoms in total. The molecule has 1 fully saturated rings. The molecule has 1 saturated heterocycles. The fraction of sp³-hybridized carbons (Fsp3) is 0.115. The second-order valence-electron chi connectivity index (χ2n) is 7.64. The molecule has 3 amide bonds. The number of para-hydroxylation sites is 1. The van der Waals surface area contributed by atoms with Crippen LogP contribution in [0.25, 0.3) is 6.08 Å². The van der Waals surface area contributed by atoms with Gasteiger partial charge in [-0.2, -0.15) is 0 Å². The Bertz CT molecular complexity index is 1270. The number of nitrogens with zero attached hydrogens (tertiary/aromatic N) is 1. The van der Waals surface area contributed by atoms with Crippen molar-refractivity contribution in [2.24, 2.45) is 0 Å². The number of imide groups is 1. The first-order valence-electron chi connectivity index (χ1n) is 10.5. The molecule has 0 aliphatic carbocycles. The van der Waals surface area contributed by atoms with Crippen LogP contribution < -0.4 is 10.1 Å². The first kappa shape index (κ1) is 23.6. The topological polar surface area (TPSA) is 75.7 Å². The maximum Gasteiger partial charge on any atom is 0.294 e. The lowest BCUT2D eigenvalue weighted by molar-refractivity contribution is -0.127. The van der Waals surface area contributed by atoms with E-state index in [0.717, 1.165) is 27.8 Å². The molecule has 0 unspecified atom stereocenters. The zero-order chi connectivity index (χ0) is 24.1. The van der Waals surface area contributed by atoms with Crippen LogP contribution in [0.5, 0.6) is 5.75 Å². The van der Waals surface area contributed by atoms with E-state index in [9.17, 15) is 14.4 Å². The lowest BCUT2D eigenvalue weighted by Gasteiger charge is -2.13. The smallest absolute Gasteiger partial charge is 0.294 e. The minimum absolute atomic E-state index is 0.232. The average Bonchev–Trinajstić information content (AvgIpc) is 3.07. The molecule has 0 bridgehead atoms. The number of halogens is 1. The van der Waals surface area contributed by atoms with Crippen LogP contribution >= 0.6 is 23.4 Å². The number of nitrogens with one attached hydrogen (secondary N) is 1. The van der Waals surface area contributed by atoms with E-state index in [1.807, 2.05) is 49.4 Å². The average molecular weight is 493 g/mol. The van der Waals surface area contributed by atoms with Crippen molar-refractivity contribution in [1.82, 2.24) is 4.90 Å². The maximum absolute atomic E-state index is 12.9. The highest BCUT2D eigenvalue weighted by atomic mass is 35.5. The minimum atomic E-state index is -0.512. The van der Waals surface area contributed by atoms with E-state index in [-0.39, 0.29) is 11.4 Å². The molecule has 0 atom stereocenters. The number of amides is 3. The summed E-state index contributed by atoms with van der Waals surface area (Å²) in [6.07, 6.45) is 1.61. The summed E-state index contributed by atoms with van der Waals surface area (Å²) in [5.74, 6) is -0.385. The molecule has 1 N–H and O–H groups in total.